The van der Waals surface area contributed by atoms with Gasteiger partial charge in [-0.15, -0.1) is 0 Å². The first-order chi connectivity index (χ1) is 8.79. The van der Waals surface area contributed by atoms with Crippen LogP contribution in [0.2, 0.25) is 0 Å². The Bertz CT molecular complexity index is 471. The Morgan fingerprint density at radius 2 is 1.83 bits per heavy atom. The SMILES string of the molecule is BrCCN(Cc1ccccc1)c1ccc(Br)cn1. The number of nitrogens with zero attached hydrogens (tertiary/aromatic N) is 2. The lowest BCUT2D eigenvalue weighted by atomic mass is 10.2. The van der Waals surface area contributed by atoms with Gasteiger partial charge in [0.1, 0.15) is 5.82 Å². The van der Waals surface area contributed by atoms with Gasteiger partial charge in [-0.25, -0.2) is 4.98 Å². The molecule has 2 aromatic rings. The third kappa shape index (κ3) is 3.82. The lowest BCUT2D eigenvalue weighted by Crippen LogP contribution is -2.25. The molecule has 1 heterocycles. The molecule has 1 aromatic carbocycles. The fourth-order valence-corrected chi connectivity index (χ4v) is 2.40. The molecule has 0 unspecified atom stereocenters. The average molecular weight is 370 g/mol. The van der Waals surface area contributed by atoms with Gasteiger partial charge in [-0.05, 0) is 33.6 Å². The maximum atomic E-state index is 4.45. The van der Waals surface area contributed by atoms with Crippen LogP contribution in [-0.4, -0.2) is 16.9 Å². The minimum atomic E-state index is 0.876. The summed E-state index contributed by atoms with van der Waals surface area (Å²) in [6.07, 6.45) is 1.83. The van der Waals surface area contributed by atoms with Crippen molar-refractivity contribution in [2.45, 2.75) is 6.54 Å². The number of aromatic nitrogens is 1. The summed E-state index contributed by atoms with van der Waals surface area (Å²) in [4.78, 5) is 6.71. The van der Waals surface area contributed by atoms with Crippen LogP contribution in [-0.2, 0) is 6.54 Å². The molecule has 0 amide bonds. The average Bonchev–Trinajstić information content (AvgIpc) is 2.40. The van der Waals surface area contributed by atoms with E-state index in [1.54, 1.807) is 0 Å². The zero-order chi connectivity index (χ0) is 12.8. The van der Waals surface area contributed by atoms with E-state index in [9.17, 15) is 0 Å². The van der Waals surface area contributed by atoms with Crippen LogP contribution in [0.3, 0.4) is 0 Å². The van der Waals surface area contributed by atoms with E-state index in [1.165, 1.54) is 5.56 Å². The number of alkyl halides is 1. The summed E-state index contributed by atoms with van der Waals surface area (Å²) < 4.78 is 1.00. The molecule has 2 nitrogen and oxygen atoms in total. The van der Waals surface area contributed by atoms with Crippen molar-refractivity contribution in [1.82, 2.24) is 4.98 Å². The highest BCUT2D eigenvalue weighted by atomic mass is 79.9. The van der Waals surface area contributed by atoms with E-state index in [-0.39, 0.29) is 0 Å². The van der Waals surface area contributed by atoms with Crippen LogP contribution in [0.25, 0.3) is 0 Å². The van der Waals surface area contributed by atoms with Gasteiger partial charge in [0.25, 0.3) is 0 Å². The van der Waals surface area contributed by atoms with Crippen LogP contribution in [0.5, 0.6) is 0 Å². The molecule has 2 rings (SSSR count). The molecule has 0 N–H and O–H groups in total. The molecule has 0 saturated carbocycles. The summed E-state index contributed by atoms with van der Waals surface area (Å²) in [5.74, 6) is 1.00. The van der Waals surface area contributed by atoms with Crippen LogP contribution in [0.1, 0.15) is 5.56 Å². The molecule has 18 heavy (non-hydrogen) atoms. The highest BCUT2D eigenvalue weighted by Gasteiger charge is 2.07. The number of halogens is 2. The molecule has 1 aromatic heterocycles. The van der Waals surface area contributed by atoms with Gasteiger partial charge in [-0.3, -0.25) is 0 Å². The summed E-state index contributed by atoms with van der Waals surface area (Å²) in [6.45, 7) is 1.81. The third-order valence-electron chi connectivity index (χ3n) is 2.61. The summed E-state index contributed by atoms with van der Waals surface area (Å²) in [5, 5.41) is 0.928. The van der Waals surface area contributed by atoms with Crippen LogP contribution in [0.4, 0.5) is 5.82 Å². The number of hydrogen-bond donors (Lipinski definition) is 0. The second-order valence-electron chi connectivity index (χ2n) is 3.93. The molecular weight excluding hydrogens is 356 g/mol. The fraction of sp³-hybridized carbons (Fsp3) is 0.214. The van der Waals surface area contributed by atoms with Gasteiger partial charge in [-0.1, -0.05) is 46.3 Å². The summed E-state index contributed by atoms with van der Waals surface area (Å²) in [6, 6.07) is 14.5. The Morgan fingerprint density at radius 3 is 2.44 bits per heavy atom. The summed E-state index contributed by atoms with van der Waals surface area (Å²) in [5.41, 5.74) is 1.29. The first-order valence-electron chi connectivity index (χ1n) is 5.76. The number of pyridine rings is 1. The maximum absolute atomic E-state index is 4.45. The van der Waals surface area contributed by atoms with Gasteiger partial charge in [0, 0.05) is 29.1 Å². The quantitative estimate of drug-likeness (QED) is 0.732. The van der Waals surface area contributed by atoms with Crippen molar-refractivity contribution in [1.29, 1.82) is 0 Å². The summed E-state index contributed by atoms with van der Waals surface area (Å²) in [7, 11) is 0. The molecule has 0 spiro atoms. The molecule has 0 atom stereocenters. The molecule has 0 saturated heterocycles. The molecule has 0 aliphatic carbocycles. The van der Waals surface area contributed by atoms with Crippen molar-refractivity contribution in [3.8, 4) is 0 Å². The molecule has 0 bridgehead atoms. The molecule has 4 heteroatoms. The smallest absolute Gasteiger partial charge is 0.128 e. The lowest BCUT2D eigenvalue weighted by molar-refractivity contribution is 0.821. The van der Waals surface area contributed by atoms with Gasteiger partial charge in [-0.2, -0.15) is 0 Å². The first kappa shape index (κ1) is 13.6. The van der Waals surface area contributed by atoms with Crippen molar-refractivity contribution in [2.75, 3.05) is 16.8 Å². The normalized spacial score (nSPS) is 10.3. The fourth-order valence-electron chi connectivity index (χ4n) is 1.74. The van der Waals surface area contributed by atoms with E-state index < -0.39 is 0 Å². The van der Waals surface area contributed by atoms with Crippen molar-refractivity contribution < 1.29 is 0 Å². The summed E-state index contributed by atoms with van der Waals surface area (Å²) >= 11 is 6.91. The number of hydrogen-bond acceptors (Lipinski definition) is 2. The highest BCUT2D eigenvalue weighted by Crippen LogP contribution is 2.17. The zero-order valence-corrected chi connectivity index (χ0v) is 13.1. The predicted octanol–water partition coefficient (Wildman–Crippen LogP) is 4.25. The van der Waals surface area contributed by atoms with Crippen LogP contribution in [0.15, 0.2) is 53.1 Å². The van der Waals surface area contributed by atoms with E-state index in [0.717, 1.165) is 28.7 Å². The minimum absolute atomic E-state index is 0.876. The molecule has 0 radical (unpaired) electrons. The second kappa shape index (κ2) is 6.90. The number of benzene rings is 1. The van der Waals surface area contributed by atoms with Crippen LogP contribution in [0, 0.1) is 0 Å². The van der Waals surface area contributed by atoms with Gasteiger partial charge >= 0.3 is 0 Å². The largest absolute Gasteiger partial charge is 0.351 e. The van der Waals surface area contributed by atoms with Crippen molar-refractivity contribution >= 4 is 37.7 Å². The minimum Gasteiger partial charge on any atom is -0.351 e. The van der Waals surface area contributed by atoms with Crippen molar-refractivity contribution in [3.05, 3.63) is 58.7 Å². The third-order valence-corrected chi connectivity index (χ3v) is 3.43. The standard InChI is InChI=1S/C14H14Br2N2/c15-8-9-18(11-12-4-2-1-3-5-12)14-7-6-13(16)10-17-14/h1-7,10H,8-9,11H2. The first-order valence-corrected chi connectivity index (χ1v) is 7.67. The Hall–Kier alpha value is -0.870. The van der Waals surface area contributed by atoms with Gasteiger partial charge in [0.2, 0.25) is 0 Å². The van der Waals surface area contributed by atoms with E-state index in [2.05, 4.69) is 66.0 Å². The van der Waals surface area contributed by atoms with Gasteiger partial charge in [0.15, 0.2) is 0 Å². The highest BCUT2D eigenvalue weighted by molar-refractivity contribution is 9.10. The number of anilines is 1. The molecule has 0 aliphatic rings. The van der Waals surface area contributed by atoms with E-state index >= 15 is 0 Å². The van der Waals surface area contributed by atoms with E-state index in [4.69, 9.17) is 0 Å². The molecular formula is C14H14Br2N2. The van der Waals surface area contributed by atoms with E-state index in [0.29, 0.717) is 0 Å². The topological polar surface area (TPSA) is 16.1 Å². The Kier molecular flexibility index (Phi) is 5.20. The molecule has 0 aliphatic heterocycles. The Balaban J connectivity index is 2.15. The number of rotatable bonds is 5. The van der Waals surface area contributed by atoms with E-state index in [1.807, 2.05) is 24.4 Å². The monoisotopic (exact) mass is 368 g/mol. The second-order valence-corrected chi connectivity index (χ2v) is 5.64. The lowest BCUT2D eigenvalue weighted by Gasteiger charge is -2.22. The molecule has 0 fully saturated rings. The van der Waals surface area contributed by atoms with Crippen molar-refractivity contribution in [3.63, 3.8) is 0 Å². The predicted molar refractivity (Wildman–Crippen MR) is 83.2 cm³/mol. The van der Waals surface area contributed by atoms with Gasteiger partial charge < -0.3 is 4.90 Å². The van der Waals surface area contributed by atoms with Crippen molar-refractivity contribution in [2.24, 2.45) is 0 Å². The Morgan fingerprint density at radius 1 is 1.06 bits per heavy atom. The zero-order valence-electron chi connectivity index (χ0n) is 9.89. The van der Waals surface area contributed by atoms with Crippen LogP contribution < -0.4 is 4.90 Å². The maximum Gasteiger partial charge on any atom is 0.128 e. The van der Waals surface area contributed by atoms with Crippen LogP contribution >= 0.6 is 31.9 Å². The Labute approximate surface area is 124 Å². The molecule has 94 valence electrons. The van der Waals surface area contributed by atoms with Gasteiger partial charge in [0.05, 0.1) is 0 Å².